The van der Waals surface area contributed by atoms with Gasteiger partial charge in [-0.2, -0.15) is 0 Å². The van der Waals surface area contributed by atoms with Gasteiger partial charge in [0.25, 0.3) is 0 Å². The molecule has 5 nitrogen and oxygen atoms in total. The van der Waals surface area contributed by atoms with Crippen molar-refractivity contribution in [3.05, 3.63) is 40.0 Å². The van der Waals surface area contributed by atoms with Crippen LogP contribution in [0.25, 0.3) is 10.4 Å². The topological polar surface area (TPSA) is 70.9 Å². The maximum atomic E-state index is 8.48. The Bertz CT molecular complexity index is 504. The first-order valence-corrected chi connectivity index (χ1v) is 9.72. The Labute approximate surface area is 122 Å². The van der Waals surface area contributed by atoms with Crippen LogP contribution in [0.4, 0.5) is 0 Å². The fourth-order valence-electron chi connectivity index (χ4n) is 1.42. The molecule has 0 N–H and O–H groups in total. The van der Waals surface area contributed by atoms with Crippen molar-refractivity contribution in [1.29, 1.82) is 0 Å². The highest BCUT2D eigenvalue weighted by Gasteiger charge is 2.37. The van der Waals surface area contributed by atoms with Gasteiger partial charge in [0.2, 0.25) is 0 Å². The van der Waals surface area contributed by atoms with Gasteiger partial charge >= 0.3 is 0 Å². The predicted octanol–water partition coefficient (Wildman–Crippen LogP) is 4.97. The number of hydrogen-bond donors (Lipinski definition) is 0. The molecule has 0 unspecified atom stereocenters. The van der Waals surface area contributed by atoms with Crippen molar-refractivity contribution in [3.8, 4) is 0 Å². The number of aromatic nitrogens is 1. The molecule has 1 atom stereocenters. The lowest BCUT2D eigenvalue weighted by molar-refractivity contribution is 0.271. The Morgan fingerprint density at radius 1 is 1.40 bits per heavy atom. The molecule has 20 heavy (non-hydrogen) atoms. The Balaban J connectivity index is 2.80. The van der Waals surface area contributed by atoms with Crippen molar-refractivity contribution in [2.75, 3.05) is 0 Å². The minimum absolute atomic E-state index is 0.184. The van der Waals surface area contributed by atoms with Crippen LogP contribution in [0.5, 0.6) is 0 Å². The van der Waals surface area contributed by atoms with E-state index in [1.807, 2.05) is 25.1 Å². The zero-order chi connectivity index (χ0) is 15.4. The summed E-state index contributed by atoms with van der Waals surface area (Å²) in [6.07, 6.45) is 0. The van der Waals surface area contributed by atoms with E-state index in [4.69, 9.17) is 9.96 Å². The van der Waals surface area contributed by atoms with E-state index in [9.17, 15) is 0 Å². The first kappa shape index (κ1) is 16.7. The Morgan fingerprint density at radius 2 is 2.05 bits per heavy atom. The first-order valence-electron chi connectivity index (χ1n) is 6.81. The molecule has 0 spiro atoms. The quantitative estimate of drug-likeness (QED) is 0.332. The normalized spacial score (nSPS) is 13.7. The van der Waals surface area contributed by atoms with Crippen molar-refractivity contribution in [1.82, 2.24) is 4.98 Å². The van der Waals surface area contributed by atoms with E-state index in [1.165, 1.54) is 0 Å². The van der Waals surface area contributed by atoms with E-state index in [0.29, 0.717) is 6.61 Å². The van der Waals surface area contributed by atoms with Gasteiger partial charge in [-0.1, -0.05) is 38.9 Å². The number of azide groups is 1. The van der Waals surface area contributed by atoms with Crippen molar-refractivity contribution in [3.63, 3.8) is 0 Å². The lowest BCUT2D eigenvalue weighted by Gasteiger charge is -2.36. The minimum Gasteiger partial charge on any atom is -0.411 e. The summed E-state index contributed by atoms with van der Waals surface area (Å²) in [5.41, 5.74) is 10.1. The average molecular weight is 292 g/mol. The van der Waals surface area contributed by atoms with Crippen LogP contribution in [0, 0.1) is 0 Å². The van der Waals surface area contributed by atoms with E-state index < -0.39 is 8.32 Å². The monoisotopic (exact) mass is 292 g/mol. The molecule has 1 heterocycles. The molecule has 0 saturated carbocycles. The summed E-state index contributed by atoms with van der Waals surface area (Å²) in [6, 6.07) is 5.48. The highest BCUT2D eigenvalue weighted by molar-refractivity contribution is 6.74. The molecule has 1 aromatic rings. The molecule has 0 aliphatic rings. The van der Waals surface area contributed by atoms with Crippen molar-refractivity contribution < 1.29 is 4.43 Å². The summed E-state index contributed by atoms with van der Waals surface area (Å²) in [6.45, 7) is 13.4. The summed E-state index contributed by atoms with van der Waals surface area (Å²) >= 11 is 0. The highest BCUT2D eigenvalue weighted by Crippen LogP contribution is 2.37. The van der Waals surface area contributed by atoms with Gasteiger partial charge in [-0.15, -0.1) is 0 Å². The second kappa shape index (κ2) is 6.39. The van der Waals surface area contributed by atoms with Gasteiger partial charge in [0.15, 0.2) is 8.32 Å². The molecule has 1 rings (SSSR count). The Morgan fingerprint density at radius 3 is 2.60 bits per heavy atom. The fourth-order valence-corrected chi connectivity index (χ4v) is 2.36. The molecule has 0 radical (unpaired) electrons. The molecule has 0 aromatic carbocycles. The fraction of sp³-hybridized carbons (Fsp3) is 0.643. The number of nitrogens with zero attached hydrogens (tertiary/aromatic N) is 4. The molecule has 6 heteroatoms. The molecule has 0 bridgehead atoms. The third kappa shape index (κ3) is 4.33. The van der Waals surface area contributed by atoms with E-state index >= 15 is 0 Å². The smallest absolute Gasteiger partial charge is 0.192 e. The third-order valence-corrected chi connectivity index (χ3v) is 8.35. The SMILES string of the molecule is C[C@@H](N=[N+]=[N-])c1cccc(CO[Si](C)(C)C(C)(C)C)n1. The van der Waals surface area contributed by atoms with Gasteiger partial charge < -0.3 is 4.43 Å². The maximum absolute atomic E-state index is 8.48. The van der Waals surface area contributed by atoms with E-state index in [1.54, 1.807) is 0 Å². The maximum Gasteiger partial charge on any atom is 0.192 e. The van der Waals surface area contributed by atoms with Crippen LogP contribution < -0.4 is 0 Å². The van der Waals surface area contributed by atoms with Crippen LogP contribution in [-0.2, 0) is 11.0 Å². The molecule has 1 aromatic heterocycles. The molecule has 0 amide bonds. The number of hydrogen-bond acceptors (Lipinski definition) is 3. The lowest BCUT2D eigenvalue weighted by Crippen LogP contribution is -2.40. The van der Waals surface area contributed by atoms with Gasteiger partial charge in [-0.25, -0.2) is 0 Å². The van der Waals surface area contributed by atoms with Crippen molar-refractivity contribution >= 4 is 8.32 Å². The van der Waals surface area contributed by atoms with Gasteiger partial charge in [0.05, 0.1) is 18.3 Å². The number of rotatable bonds is 5. The zero-order valence-electron chi connectivity index (χ0n) is 13.2. The van der Waals surface area contributed by atoms with Gasteiger partial charge in [0, 0.05) is 10.6 Å². The molecule has 0 aliphatic heterocycles. The van der Waals surface area contributed by atoms with Gasteiger partial charge in [0.1, 0.15) is 0 Å². The molecule has 110 valence electrons. The third-order valence-electron chi connectivity index (χ3n) is 3.87. The van der Waals surface area contributed by atoms with Crippen molar-refractivity contribution in [2.24, 2.45) is 5.11 Å². The summed E-state index contributed by atoms with van der Waals surface area (Å²) < 4.78 is 6.15. The van der Waals surface area contributed by atoms with Crippen LogP contribution >= 0.6 is 0 Å². The summed E-state index contributed by atoms with van der Waals surface area (Å²) in [5.74, 6) is 0. The molecular weight excluding hydrogens is 268 g/mol. The lowest BCUT2D eigenvalue weighted by atomic mass is 10.2. The van der Waals surface area contributed by atoms with Crippen molar-refractivity contribution in [2.45, 2.75) is 58.5 Å². The average Bonchev–Trinajstić information content (AvgIpc) is 2.36. The summed E-state index contributed by atoms with van der Waals surface area (Å²) in [5, 5.41) is 3.85. The van der Waals surface area contributed by atoms with E-state index in [-0.39, 0.29) is 11.1 Å². The van der Waals surface area contributed by atoms with Crippen LogP contribution in [0.1, 0.15) is 45.1 Å². The van der Waals surface area contributed by atoms with E-state index in [2.05, 4.69) is 48.9 Å². The second-order valence-electron chi connectivity index (χ2n) is 6.48. The molecular formula is C14H24N4OSi. The molecule has 0 fully saturated rings. The van der Waals surface area contributed by atoms with E-state index in [0.717, 1.165) is 11.4 Å². The summed E-state index contributed by atoms with van der Waals surface area (Å²) in [4.78, 5) is 7.33. The first-order chi connectivity index (χ1) is 9.17. The van der Waals surface area contributed by atoms with Crippen LogP contribution in [0.3, 0.4) is 0 Å². The zero-order valence-corrected chi connectivity index (χ0v) is 14.2. The second-order valence-corrected chi connectivity index (χ2v) is 11.3. The van der Waals surface area contributed by atoms with Crippen LogP contribution in [-0.4, -0.2) is 13.3 Å². The minimum atomic E-state index is -1.77. The largest absolute Gasteiger partial charge is 0.411 e. The number of pyridine rings is 1. The standard InChI is InChI=1S/C14H24N4OSi/c1-11(17-18-15)13-9-7-8-12(16-13)10-19-20(5,6)14(2,3)4/h7-9,11H,10H2,1-6H3/t11-/m1/s1. The highest BCUT2D eigenvalue weighted by atomic mass is 28.4. The van der Waals surface area contributed by atoms with Crippen LogP contribution in [0.15, 0.2) is 23.3 Å². The Kier molecular flexibility index (Phi) is 5.33. The van der Waals surface area contributed by atoms with Gasteiger partial charge in [-0.3, -0.25) is 4.98 Å². The van der Waals surface area contributed by atoms with Crippen LogP contribution in [0.2, 0.25) is 18.1 Å². The summed E-state index contributed by atoms with van der Waals surface area (Å²) in [7, 11) is -1.77. The Hall–Kier alpha value is -1.36. The molecule has 0 aliphatic carbocycles. The predicted molar refractivity (Wildman–Crippen MR) is 83.8 cm³/mol. The molecule has 0 saturated heterocycles. The van der Waals surface area contributed by atoms with Gasteiger partial charge in [-0.05, 0) is 35.8 Å².